The fourth-order valence-corrected chi connectivity index (χ4v) is 10.3. The van der Waals surface area contributed by atoms with Crippen molar-refractivity contribution in [2.45, 2.75) is 264 Å². The molecule has 1 saturated carbocycles. The van der Waals surface area contributed by atoms with Crippen LogP contribution in [-0.2, 0) is 66.4 Å². The number of rotatable bonds is 20. The summed E-state index contributed by atoms with van der Waals surface area (Å²) in [5.74, 6) is -4.34. The molecule has 2 aliphatic heterocycles. The maximum Gasteiger partial charge on any atom is 0.408 e. The molecule has 0 radical (unpaired) electrons. The Kier molecular flexibility index (Phi) is 26.5. The normalized spacial score (nSPS) is 25.6. The quantitative estimate of drug-likeness (QED) is 0.0535. The summed E-state index contributed by atoms with van der Waals surface area (Å²) in [7, 11) is 0. The largest absolute Gasteiger partial charge is 0.457 e. The van der Waals surface area contributed by atoms with Crippen molar-refractivity contribution in [3.05, 3.63) is 71.8 Å². The van der Waals surface area contributed by atoms with Crippen molar-refractivity contribution >= 4 is 54.3 Å². The van der Waals surface area contributed by atoms with Crippen molar-refractivity contribution in [2.75, 3.05) is 13.1 Å². The Balaban J connectivity index is 1.75. The van der Waals surface area contributed by atoms with Gasteiger partial charge in [-0.25, -0.2) is 33.6 Å². The van der Waals surface area contributed by atoms with Gasteiger partial charge in [0.1, 0.15) is 40.2 Å². The number of ether oxygens (including phenoxy) is 12. The third kappa shape index (κ3) is 25.2. The summed E-state index contributed by atoms with van der Waals surface area (Å²) in [6.07, 6.45) is -17.7. The molecular weight excluding hydrogens is 1200 g/mol. The second-order valence-electron chi connectivity index (χ2n) is 27.9. The Morgan fingerprint density at radius 2 is 0.967 bits per heavy atom. The standard InChI is InChI=1S/C65H98N6O21/c1-19-44-36(2)46(71-60(80)92-65(16,17)18)49(85-53(75)39-28-24-21-25-29-39)55(84-44)87-47-42(68-51(73)45(32-33-66-56(76)88-61(4,5)6)83-52(74)38-26-22-20-23-27-38)34-43(70-59(79)91-64(13,14)15)48(50(47)81-37(3)72)86-54-41(69-58(78)90-63(10,11)12)31-30-40(82-54)35-67-57(77)89-62(7,8)9/h20-29,36,40-50,54-55H,19,30-35H2,1-18H3,(H,66,76)(H,67,77)(H,68,73)(H,69,78)(H,70,79)(H,71,80)/t36-,40?,41?,42+,43+,44?,45-,46-,47-,48?,49?,50?,54+,55+/m0/s1. The number of benzene rings is 2. The van der Waals surface area contributed by atoms with Gasteiger partial charge in [0.2, 0.25) is 0 Å². The van der Waals surface area contributed by atoms with E-state index in [1.165, 1.54) is 24.3 Å². The van der Waals surface area contributed by atoms with Gasteiger partial charge in [-0.15, -0.1) is 0 Å². The summed E-state index contributed by atoms with van der Waals surface area (Å²) < 4.78 is 74.2. The fourth-order valence-electron chi connectivity index (χ4n) is 10.3. The lowest BCUT2D eigenvalue weighted by atomic mass is 9.82. The smallest absolute Gasteiger partial charge is 0.408 e. The van der Waals surface area contributed by atoms with Crippen LogP contribution in [0, 0.1) is 5.92 Å². The van der Waals surface area contributed by atoms with Crippen LogP contribution in [0.25, 0.3) is 0 Å². The molecule has 27 heteroatoms. The van der Waals surface area contributed by atoms with Crippen molar-refractivity contribution < 1.29 is 100.0 Å². The number of hydrogen-bond acceptors (Lipinski definition) is 21. The number of nitrogens with one attached hydrogen (secondary N) is 6. The zero-order valence-electron chi connectivity index (χ0n) is 56.4. The lowest BCUT2D eigenvalue weighted by Gasteiger charge is -2.51. The molecule has 92 heavy (non-hydrogen) atoms. The van der Waals surface area contributed by atoms with E-state index in [1.807, 2.05) is 6.92 Å². The molecular formula is C65H98N6O21. The molecule has 0 bridgehead atoms. The van der Waals surface area contributed by atoms with Crippen LogP contribution < -0.4 is 31.9 Å². The van der Waals surface area contributed by atoms with Gasteiger partial charge in [-0.2, -0.15) is 0 Å². The molecule has 14 atom stereocenters. The molecule has 2 aromatic carbocycles. The van der Waals surface area contributed by atoms with Crippen LogP contribution in [0.2, 0.25) is 0 Å². The van der Waals surface area contributed by atoms with E-state index in [2.05, 4.69) is 31.9 Å². The minimum atomic E-state index is -1.80. The highest BCUT2D eigenvalue weighted by atomic mass is 16.7. The summed E-state index contributed by atoms with van der Waals surface area (Å²) in [5.41, 5.74) is -4.63. The van der Waals surface area contributed by atoms with Gasteiger partial charge in [0.25, 0.3) is 5.91 Å². The van der Waals surface area contributed by atoms with E-state index in [-0.39, 0.29) is 43.5 Å². The first-order valence-corrected chi connectivity index (χ1v) is 31.2. The van der Waals surface area contributed by atoms with Gasteiger partial charge in [0.05, 0.1) is 47.5 Å². The molecule has 2 aromatic rings. The first-order valence-electron chi connectivity index (χ1n) is 31.2. The molecule has 6 N–H and O–H groups in total. The number of carbonyl (C=O) groups excluding carboxylic acids is 9. The minimum Gasteiger partial charge on any atom is -0.457 e. The lowest BCUT2D eigenvalue weighted by Crippen LogP contribution is -2.70. The highest BCUT2D eigenvalue weighted by Crippen LogP contribution is 2.38. The first-order chi connectivity index (χ1) is 42.7. The molecule has 1 aliphatic carbocycles. The van der Waals surface area contributed by atoms with Gasteiger partial charge in [0.15, 0.2) is 30.9 Å². The number of alkyl carbamates (subject to hydrolysis) is 5. The number of carbonyl (C=O) groups is 9. The van der Waals surface area contributed by atoms with Crippen molar-refractivity contribution in [2.24, 2.45) is 5.92 Å². The first kappa shape index (κ1) is 75.2. The van der Waals surface area contributed by atoms with Crippen molar-refractivity contribution in [1.82, 2.24) is 31.9 Å². The van der Waals surface area contributed by atoms with E-state index in [9.17, 15) is 38.4 Å². The Morgan fingerprint density at radius 1 is 0.511 bits per heavy atom. The Bertz CT molecular complexity index is 2810. The SMILES string of the molecule is CCC1O[C@H](O[C@@H]2C(OC(C)=O)C(O[C@H]3OC(CNC(=O)OC(C)(C)C)CCC3NC(=O)OC(C)(C)C)[C@H](NC(=O)OC(C)(C)C)C[C@H]2NC(=O)[C@H](CCNC(=O)OC(C)(C)C)OC(=O)c2ccccc2)C(OC(=O)c2ccccc2)[C@@H](NC(=O)OC(C)(C)C)[C@H]1C. The third-order valence-corrected chi connectivity index (χ3v) is 13.9. The fraction of sp³-hybridized carbons (Fsp3) is 0.677. The van der Waals surface area contributed by atoms with Gasteiger partial charge in [-0.3, -0.25) is 9.59 Å². The van der Waals surface area contributed by atoms with Crippen LogP contribution in [0.1, 0.15) is 177 Å². The van der Waals surface area contributed by atoms with E-state index in [4.69, 9.17) is 56.8 Å². The highest BCUT2D eigenvalue weighted by molar-refractivity contribution is 5.92. The molecule has 27 nitrogen and oxygen atoms in total. The average molecular weight is 1300 g/mol. The van der Waals surface area contributed by atoms with E-state index in [0.717, 1.165) is 6.92 Å². The summed E-state index contributed by atoms with van der Waals surface area (Å²) >= 11 is 0. The molecule has 3 fully saturated rings. The molecule has 5 rings (SSSR count). The monoisotopic (exact) mass is 1300 g/mol. The lowest BCUT2D eigenvalue weighted by molar-refractivity contribution is -0.309. The zero-order chi connectivity index (χ0) is 68.7. The van der Waals surface area contributed by atoms with Gasteiger partial charge in [-0.1, -0.05) is 50.2 Å². The second kappa shape index (κ2) is 32.4. The molecule has 514 valence electrons. The van der Waals surface area contributed by atoms with Gasteiger partial charge in [-0.05, 0) is 154 Å². The topological polar surface area (TPSA) is 337 Å². The van der Waals surface area contributed by atoms with E-state index in [1.54, 1.807) is 147 Å². The summed E-state index contributed by atoms with van der Waals surface area (Å²) in [4.78, 5) is 125. The zero-order valence-corrected chi connectivity index (χ0v) is 56.4. The van der Waals surface area contributed by atoms with E-state index >= 15 is 4.79 Å². The van der Waals surface area contributed by atoms with E-state index in [0.29, 0.717) is 6.42 Å². The Morgan fingerprint density at radius 3 is 1.47 bits per heavy atom. The minimum absolute atomic E-state index is 0.0767. The van der Waals surface area contributed by atoms with Crippen LogP contribution in [0.3, 0.4) is 0 Å². The second-order valence-corrected chi connectivity index (χ2v) is 27.9. The molecule has 2 heterocycles. The van der Waals surface area contributed by atoms with Crippen molar-refractivity contribution in [1.29, 1.82) is 0 Å². The predicted molar refractivity (Wildman–Crippen MR) is 332 cm³/mol. The van der Waals surface area contributed by atoms with E-state index < -0.39 is 174 Å². The summed E-state index contributed by atoms with van der Waals surface area (Å²) in [6, 6.07) is 10.7. The molecule has 6 unspecified atom stereocenters. The van der Waals surface area contributed by atoms with Crippen LogP contribution in [0.4, 0.5) is 24.0 Å². The molecule has 2 saturated heterocycles. The van der Waals surface area contributed by atoms with Crippen LogP contribution in [-0.4, -0.2) is 175 Å². The number of esters is 3. The Labute approximate surface area is 539 Å². The molecule has 3 aliphatic rings. The summed E-state index contributed by atoms with van der Waals surface area (Å²) in [5, 5.41) is 16.8. The Hall–Kier alpha value is -7.49. The van der Waals surface area contributed by atoms with Crippen LogP contribution >= 0.6 is 0 Å². The van der Waals surface area contributed by atoms with Crippen LogP contribution in [0.5, 0.6) is 0 Å². The van der Waals surface area contributed by atoms with Gasteiger partial charge in [0, 0.05) is 32.4 Å². The third-order valence-electron chi connectivity index (χ3n) is 13.9. The summed E-state index contributed by atoms with van der Waals surface area (Å²) in [6.45, 7) is 29.3. The molecule has 0 spiro atoms. The molecule has 6 amide bonds. The predicted octanol–water partition coefficient (Wildman–Crippen LogP) is 8.42. The average Bonchev–Trinajstić information content (AvgIpc) is 0.769. The maximum absolute atomic E-state index is 15.3. The number of amides is 6. The van der Waals surface area contributed by atoms with Crippen molar-refractivity contribution in [3.63, 3.8) is 0 Å². The van der Waals surface area contributed by atoms with Crippen molar-refractivity contribution in [3.8, 4) is 0 Å². The highest BCUT2D eigenvalue weighted by Gasteiger charge is 2.56. The van der Waals surface area contributed by atoms with Gasteiger partial charge >= 0.3 is 48.4 Å². The molecule has 0 aromatic heterocycles. The van der Waals surface area contributed by atoms with Gasteiger partial charge < -0.3 is 88.7 Å². The maximum atomic E-state index is 15.3. The van der Waals surface area contributed by atoms with Crippen LogP contribution in [0.15, 0.2) is 60.7 Å². The number of hydrogen-bond donors (Lipinski definition) is 6.